The Kier molecular flexibility index (Phi) is 4.70. The van der Waals surface area contributed by atoms with Gasteiger partial charge in [0, 0.05) is 18.2 Å². The first-order chi connectivity index (χ1) is 7.90. The van der Waals surface area contributed by atoms with Crippen molar-refractivity contribution in [3.8, 4) is 0 Å². The number of hydrogen-bond acceptors (Lipinski definition) is 2. The van der Waals surface area contributed by atoms with Crippen molar-refractivity contribution in [3.63, 3.8) is 0 Å². The zero-order valence-corrected chi connectivity index (χ0v) is 10.5. The lowest BCUT2D eigenvalue weighted by Crippen LogP contribution is -1.94. The van der Waals surface area contributed by atoms with E-state index in [0.29, 0.717) is 11.8 Å². The molecule has 0 amide bonds. The van der Waals surface area contributed by atoms with Crippen molar-refractivity contribution < 1.29 is 4.42 Å². The van der Waals surface area contributed by atoms with E-state index in [4.69, 9.17) is 16.0 Å². The highest BCUT2D eigenvalue weighted by molar-refractivity contribution is 6.17. The topological polar surface area (TPSA) is 26.0 Å². The molecule has 0 N–H and O–H groups in total. The minimum absolute atomic E-state index is 0.611. The van der Waals surface area contributed by atoms with Gasteiger partial charge >= 0.3 is 0 Å². The molecule has 0 aromatic carbocycles. The molecule has 1 aliphatic carbocycles. The second kappa shape index (κ2) is 6.29. The van der Waals surface area contributed by atoms with E-state index >= 15 is 0 Å². The largest absolute Gasteiger partial charge is 0.445 e. The van der Waals surface area contributed by atoms with Crippen LogP contribution >= 0.6 is 11.6 Å². The maximum Gasteiger partial charge on any atom is 0.194 e. The third-order valence-corrected chi connectivity index (χ3v) is 3.62. The third-order valence-electron chi connectivity index (χ3n) is 3.35. The number of nitrogens with zero attached hydrogens (tertiary/aromatic N) is 1. The molecule has 2 rings (SSSR count). The quantitative estimate of drug-likeness (QED) is 0.581. The lowest BCUT2D eigenvalue weighted by molar-refractivity contribution is 0.403. The van der Waals surface area contributed by atoms with Gasteiger partial charge in [-0.15, -0.1) is 11.6 Å². The predicted molar refractivity (Wildman–Crippen MR) is 66.0 cm³/mol. The summed E-state index contributed by atoms with van der Waals surface area (Å²) in [5.74, 6) is 3.26. The van der Waals surface area contributed by atoms with Crippen LogP contribution in [0, 0.1) is 0 Å². The Labute approximate surface area is 102 Å². The van der Waals surface area contributed by atoms with Gasteiger partial charge in [0.25, 0.3) is 0 Å². The van der Waals surface area contributed by atoms with Crippen molar-refractivity contribution in [2.24, 2.45) is 0 Å². The van der Waals surface area contributed by atoms with E-state index in [1.54, 1.807) is 0 Å². The van der Waals surface area contributed by atoms with Gasteiger partial charge in [-0.3, -0.25) is 0 Å². The van der Waals surface area contributed by atoms with E-state index in [1.807, 2.05) is 6.20 Å². The fourth-order valence-electron chi connectivity index (χ4n) is 2.41. The summed E-state index contributed by atoms with van der Waals surface area (Å²) in [6.45, 7) is 0. The van der Waals surface area contributed by atoms with Crippen LogP contribution in [0.2, 0.25) is 0 Å². The van der Waals surface area contributed by atoms with Crippen molar-refractivity contribution in [1.82, 2.24) is 4.98 Å². The minimum atomic E-state index is 0.611. The van der Waals surface area contributed by atoms with E-state index in [-0.39, 0.29) is 0 Å². The summed E-state index contributed by atoms with van der Waals surface area (Å²) in [6.07, 6.45) is 11.7. The monoisotopic (exact) mass is 241 g/mol. The molecule has 0 saturated heterocycles. The summed E-state index contributed by atoms with van der Waals surface area (Å²) in [6, 6.07) is 0. The Bertz CT molecular complexity index is 303. The highest BCUT2D eigenvalue weighted by Crippen LogP contribution is 2.31. The molecule has 0 unspecified atom stereocenters. The van der Waals surface area contributed by atoms with E-state index < -0.39 is 0 Å². The Balaban J connectivity index is 1.94. The molecular weight excluding hydrogens is 222 g/mol. The smallest absolute Gasteiger partial charge is 0.194 e. The fourth-order valence-corrected chi connectivity index (χ4v) is 2.54. The van der Waals surface area contributed by atoms with Gasteiger partial charge in [0.1, 0.15) is 5.76 Å². The number of aryl methyl sites for hydroxylation is 1. The minimum Gasteiger partial charge on any atom is -0.445 e. The van der Waals surface area contributed by atoms with Crippen LogP contribution in [0.4, 0.5) is 0 Å². The van der Waals surface area contributed by atoms with Crippen LogP contribution < -0.4 is 0 Å². The third kappa shape index (κ3) is 3.24. The van der Waals surface area contributed by atoms with Gasteiger partial charge in [0.15, 0.2) is 5.89 Å². The van der Waals surface area contributed by atoms with Crippen LogP contribution in [0.15, 0.2) is 10.6 Å². The summed E-state index contributed by atoms with van der Waals surface area (Å²) in [4.78, 5) is 4.33. The highest BCUT2D eigenvalue weighted by atomic mass is 35.5. The first kappa shape index (κ1) is 12.0. The van der Waals surface area contributed by atoms with Gasteiger partial charge in [-0.2, -0.15) is 0 Å². The number of rotatable bonds is 4. The molecule has 0 atom stereocenters. The van der Waals surface area contributed by atoms with Crippen molar-refractivity contribution >= 4 is 11.6 Å². The van der Waals surface area contributed by atoms with Gasteiger partial charge in [0.2, 0.25) is 0 Å². The van der Waals surface area contributed by atoms with Crippen LogP contribution in [0.1, 0.15) is 62.5 Å². The molecule has 0 radical (unpaired) electrons. The molecule has 1 aliphatic rings. The van der Waals surface area contributed by atoms with Gasteiger partial charge in [-0.05, 0) is 19.3 Å². The van der Waals surface area contributed by atoms with Crippen LogP contribution in [0.5, 0.6) is 0 Å². The SMILES string of the molecule is ClCCCc1ncc(C2CCCCCC2)o1. The van der Waals surface area contributed by atoms with E-state index in [0.717, 1.165) is 24.5 Å². The first-order valence-corrected chi connectivity index (χ1v) is 6.94. The molecule has 16 heavy (non-hydrogen) atoms. The van der Waals surface area contributed by atoms with Crippen LogP contribution in [0.25, 0.3) is 0 Å². The number of alkyl halides is 1. The van der Waals surface area contributed by atoms with Crippen LogP contribution in [-0.4, -0.2) is 10.9 Å². The van der Waals surface area contributed by atoms with Crippen molar-refractivity contribution in [3.05, 3.63) is 17.8 Å². The number of hydrogen-bond donors (Lipinski definition) is 0. The van der Waals surface area contributed by atoms with Crippen molar-refractivity contribution in [2.75, 3.05) is 5.88 Å². The molecule has 1 aromatic heterocycles. The summed E-state index contributed by atoms with van der Waals surface area (Å²) < 4.78 is 5.81. The predicted octanol–water partition coefficient (Wildman–Crippen LogP) is 4.28. The highest BCUT2D eigenvalue weighted by Gasteiger charge is 2.18. The number of oxazole rings is 1. The molecular formula is C13H20ClNO. The molecule has 1 aromatic rings. The van der Waals surface area contributed by atoms with Gasteiger partial charge < -0.3 is 4.42 Å². The van der Waals surface area contributed by atoms with Gasteiger partial charge in [0.05, 0.1) is 6.20 Å². The van der Waals surface area contributed by atoms with Gasteiger partial charge in [-0.25, -0.2) is 4.98 Å². The van der Waals surface area contributed by atoms with E-state index in [1.165, 1.54) is 38.5 Å². The zero-order chi connectivity index (χ0) is 11.2. The summed E-state index contributed by atoms with van der Waals surface area (Å²) in [5.41, 5.74) is 0. The summed E-state index contributed by atoms with van der Waals surface area (Å²) >= 11 is 5.66. The summed E-state index contributed by atoms with van der Waals surface area (Å²) in [5, 5.41) is 0. The lowest BCUT2D eigenvalue weighted by Gasteiger charge is -2.09. The van der Waals surface area contributed by atoms with Gasteiger partial charge in [-0.1, -0.05) is 25.7 Å². The van der Waals surface area contributed by atoms with E-state index in [9.17, 15) is 0 Å². The fraction of sp³-hybridized carbons (Fsp3) is 0.769. The Morgan fingerprint density at radius 1 is 1.25 bits per heavy atom. The standard InChI is InChI=1S/C13H20ClNO/c14-9-5-8-13-15-10-12(16-13)11-6-3-1-2-4-7-11/h10-11H,1-9H2. The number of halogens is 1. The zero-order valence-electron chi connectivity index (χ0n) is 9.75. The molecule has 0 bridgehead atoms. The Morgan fingerprint density at radius 3 is 2.69 bits per heavy atom. The first-order valence-electron chi connectivity index (χ1n) is 6.40. The van der Waals surface area contributed by atoms with Crippen LogP contribution in [0.3, 0.4) is 0 Å². The maximum atomic E-state index is 5.81. The second-order valence-electron chi connectivity index (χ2n) is 4.64. The molecule has 0 aliphatic heterocycles. The molecule has 90 valence electrons. The molecule has 0 spiro atoms. The molecule has 2 nitrogen and oxygen atoms in total. The summed E-state index contributed by atoms with van der Waals surface area (Å²) in [7, 11) is 0. The normalized spacial score (nSPS) is 18.6. The Morgan fingerprint density at radius 2 is 2.00 bits per heavy atom. The average Bonchev–Trinajstić information content (AvgIpc) is 2.60. The van der Waals surface area contributed by atoms with Crippen molar-refractivity contribution in [1.29, 1.82) is 0 Å². The molecule has 3 heteroatoms. The van der Waals surface area contributed by atoms with Crippen molar-refractivity contribution in [2.45, 2.75) is 57.3 Å². The van der Waals surface area contributed by atoms with Crippen LogP contribution in [-0.2, 0) is 6.42 Å². The second-order valence-corrected chi connectivity index (χ2v) is 5.02. The molecule has 1 fully saturated rings. The Hall–Kier alpha value is -0.500. The lowest BCUT2D eigenvalue weighted by atomic mass is 9.98. The maximum absolute atomic E-state index is 5.81. The van der Waals surface area contributed by atoms with E-state index in [2.05, 4.69) is 4.98 Å². The number of aromatic nitrogens is 1. The molecule has 1 heterocycles. The average molecular weight is 242 g/mol. The molecule has 1 saturated carbocycles.